The molecule has 0 spiro atoms. The first kappa shape index (κ1) is 17.9. The second kappa shape index (κ2) is 7.25. The Morgan fingerprint density at radius 1 is 1.33 bits per heavy atom. The van der Waals surface area contributed by atoms with Gasteiger partial charge >= 0.3 is 5.97 Å². The van der Waals surface area contributed by atoms with Crippen LogP contribution in [-0.2, 0) is 17.7 Å². The molecule has 138 valence electrons. The van der Waals surface area contributed by atoms with Crippen molar-refractivity contribution in [2.45, 2.75) is 26.8 Å². The van der Waals surface area contributed by atoms with E-state index in [1.165, 1.54) is 4.88 Å². The summed E-state index contributed by atoms with van der Waals surface area (Å²) in [6, 6.07) is 9.73. The number of aliphatic imine (C=N–C) groups is 1. The largest absolute Gasteiger partial charge is 0.460 e. The fourth-order valence-corrected chi connectivity index (χ4v) is 4.26. The van der Waals surface area contributed by atoms with Gasteiger partial charge in [0.25, 0.3) is 5.82 Å². The summed E-state index contributed by atoms with van der Waals surface area (Å²) in [6.07, 6.45) is 0.891. The van der Waals surface area contributed by atoms with Crippen LogP contribution in [0.3, 0.4) is 0 Å². The minimum absolute atomic E-state index is 0.0541. The summed E-state index contributed by atoms with van der Waals surface area (Å²) >= 11 is 8.09. The van der Waals surface area contributed by atoms with E-state index in [1.807, 2.05) is 24.3 Å². The molecule has 8 heteroatoms. The van der Waals surface area contributed by atoms with E-state index >= 15 is 0 Å². The topological polar surface area (TPSA) is 69.4 Å². The molecule has 0 saturated carbocycles. The number of ether oxygens (including phenoxy) is 1. The van der Waals surface area contributed by atoms with Crippen molar-refractivity contribution in [2.24, 2.45) is 4.99 Å². The van der Waals surface area contributed by atoms with Crippen LogP contribution in [0.15, 0.2) is 35.3 Å². The number of fused-ring (bicyclic) bond motifs is 3. The average Bonchev–Trinajstić information content (AvgIpc) is 3.25. The van der Waals surface area contributed by atoms with Gasteiger partial charge in [0.1, 0.15) is 0 Å². The van der Waals surface area contributed by atoms with Gasteiger partial charge in [-0.25, -0.2) is 14.5 Å². The summed E-state index contributed by atoms with van der Waals surface area (Å²) in [4.78, 5) is 23.3. The van der Waals surface area contributed by atoms with E-state index in [-0.39, 0.29) is 12.4 Å². The molecule has 4 rings (SSSR count). The smallest absolute Gasteiger partial charge is 0.378 e. The summed E-state index contributed by atoms with van der Waals surface area (Å²) in [5, 5.41) is 5.05. The summed E-state index contributed by atoms with van der Waals surface area (Å²) in [5.74, 6) is 0.126. The van der Waals surface area contributed by atoms with E-state index in [4.69, 9.17) is 21.3 Å². The fourth-order valence-electron chi connectivity index (χ4n) is 2.94. The summed E-state index contributed by atoms with van der Waals surface area (Å²) in [6.45, 7) is 4.43. The number of thiophene rings is 1. The van der Waals surface area contributed by atoms with Crippen LogP contribution in [0.5, 0.6) is 0 Å². The maximum atomic E-state index is 12.0. The number of carbonyl (C=O) groups is 1. The van der Waals surface area contributed by atoms with Crippen LogP contribution in [0.1, 0.15) is 45.6 Å². The first-order chi connectivity index (χ1) is 13.1. The Bertz CT molecular complexity index is 1050. The second-order valence-corrected chi connectivity index (χ2v) is 7.45. The molecule has 0 unspecified atom stereocenters. The second-order valence-electron chi connectivity index (χ2n) is 5.91. The van der Waals surface area contributed by atoms with E-state index in [2.05, 4.69) is 23.1 Å². The van der Waals surface area contributed by atoms with Gasteiger partial charge in [-0.15, -0.1) is 16.4 Å². The molecule has 0 radical (unpaired) electrons. The van der Waals surface area contributed by atoms with Crippen molar-refractivity contribution in [3.63, 3.8) is 0 Å². The molecule has 0 aliphatic carbocycles. The van der Waals surface area contributed by atoms with E-state index in [1.54, 1.807) is 22.9 Å². The molecule has 0 bridgehead atoms. The highest BCUT2D eigenvalue weighted by Gasteiger charge is 2.27. The van der Waals surface area contributed by atoms with Gasteiger partial charge in [-0.05, 0) is 25.5 Å². The number of rotatable bonds is 4. The Morgan fingerprint density at radius 2 is 2.15 bits per heavy atom. The third-order valence-electron chi connectivity index (χ3n) is 4.19. The van der Waals surface area contributed by atoms with E-state index < -0.39 is 5.97 Å². The Kier molecular flexibility index (Phi) is 4.80. The number of aromatic nitrogens is 3. The Hall–Kier alpha value is -2.51. The van der Waals surface area contributed by atoms with Gasteiger partial charge in [-0.3, -0.25) is 4.99 Å². The molecule has 0 atom stereocenters. The lowest BCUT2D eigenvalue weighted by molar-refractivity contribution is 0.0512. The van der Waals surface area contributed by atoms with E-state index in [0.29, 0.717) is 17.4 Å². The lowest BCUT2D eigenvalue weighted by Crippen LogP contribution is -2.09. The van der Waals surface area contributed by atoms with Crippen LogP contribution in [-0.4, -0.2) is 33.1 Å². The number of halogens is 1. The van der Waals surface area contributed by atoms with Gasteiger partial charge in [0.15, 0.2) is 5.82 Å². The maximum Gasteiger partial charge on any atom is 0.378 e. The van der Waals surface area contributed by atoms with Crippen molar-refractivity contribution in [3.8, 4) is 5.69 Å². The monoisotopic (exact) mass is 400 g/mol. The fraction of sp³-hybridized carbons (Fsp3) is 0.263. The maximum absolute atomic E-state index is 12.0. The zero-order valence-corrected chi connectivity index (χ0v) is 16.5. The van der Waals surface area contributed by atoms with Crippen LogP contribution < -0.4 is 0 Å². The Labute approximate surface area is 165 Å². The van der Waals surface area contributed by atoms with Crippen LogP contribution in [0.25, 0.3) is 5.69 Å². The zero-order chi connectivity index (χ0) is 19.0. The molecular weight excluding hydrogens is 384 g/mol. The van der Waals surface area contributed by atoms with Gasteiger partial charge in [0.05, 0.1) is 29.4 Å². The average molecular weight is 401 g/mol. The van der Waals surface area contributed by atoms with E-state index in [9.17, 15) is 4.79 Å². The van der Waals surface area contributed by atoms with Gasteiger partial charge in [-0.2, -0.15) is 0 Å². The SMILES string of the molecule is CCOC(=O)c1nc2n(n1)-c1cc(CC)sc1C(c1ccccc1Cl)=NC2. The van der Waals surface area contributed by atoms with Crippen LogP contribution in [0.2, 0.25) is 5.02 Å². The third kappa shape index (κ3) is 3.17. The van der Waals surface area contributed by atoms with Crippen molar-refractivity contribution in [2.75, 3.05) is 6.61 Å². The predicted molar refractivity (Wildman–Crippen MR) is 105 cm³/mol. The number of carbonyl (C=O) groups excluding carboxylic acids is 1. The normalized spacial score (nSPS) is 12.8. The lowest BCUT2D eigenvalue weighted by Gasteiger charge is -2.07. The van der Waals surface area contributed by atoms with Crippen molar-refractivity contribution in [1.29, 1.82) is 0 Å². The number of nitrogens with zero attached hydrogens (tertiary/aromatic N) is 4. The Morgan fingerprint density at radius 3 is 2.89 bits per heavy atom. The molecule has 0 amide bonds. The molecule has 0 fully saturated rings. The first-order valence-corrected chi connectivity index (χ1v) is 9.87. The molecule has 1 aliphatic rings. The zero-order valence-electron chi connectivity index (χ0n) is 14.9. The highest BCUT2D eigenvalue weighted by Crippen LogP contribution is 2.33. The highest BCUT2D eigenvalue weighted by molar-refractivity contribution is 7.14. The molecule has 6 nitrogen and oxygen atoms in total. The van der Waals surface area contributed by atoms with Gasteiger partial charge in [-0.1, -0.05) is 36.7 Å². The predicted octanol–water partition coefficient (Wildman–Crippen LogP) is 4.07. The summed E-state index contributed by atoms with van der Waals surface area (Å²) in [7, 11) is 0. The Balaban J connectivity index is 1.88. The van der Waals surface area contributed by atoms with Crippen LogP contribution >= 0.6 is 22.9 Å². The molecule has 0 N–H and O–H groups in total. The third-order valence-corrected chi connectivity index (χ3v) is 5.80. The van der Waals surface area contributed by atoms with Gasteiger partial charge in [0.2, 0.25) is 0 Å². The minimum atomic E-state index is -0.527. The number of aryl methyl sites for hydroxylation is 1. The van der Waals surface area contributed by atoms with Gasteiger partial charge in [0, 0.05) is 15.5 Å². The van der Waals surface area contributed by atoms with Crippen molar-refractivity contribution in [1.82, 2.24) is 14.8 Å². The van der Waals surface area contributed by atoms with Crippen LogP contribution in [0, 0.1) is 0 Å². The van der Waals surface area contributed by atoms with Crippen molar-refractivity contribution < 1.29 is 9.53 Å². The van der Waals surface area contributed by atoms with E-state index in [0.717, 1.165) is 28.3 Å². The highest BCUT2D eigenvalue weighted by atomic mass is 35.5. The van der Waals surface area contributed by atoms with Gasteiger partial charge < -0.3 is 4.74 Å². The summed E-state index contributed by atoms with van der Waals surface area (Å²) in [5.41, 5.74) is 2.57. The molecule has 1 aromatic carbocycles. The molecule has 3 aromatic rings. The molecule has 3 heterocycles. The lowest BCUT2D eigenvalue weighted by atomic mass is 10.1. The molecule has 27 heavy (non-hydrogen) atoms. The number of hydrogen-bond donors (Lipinski definition) is 0. The number of benzene rings is 1. The molecule has 1 aliphatic heterocycles. The van der Waals surface area contributed by atoms with Crippen molar-refractivity contribution in [3.05, 3.63) is 62.3 Å². The first-order valence-electron chi connectivity index (χ1n) is 8.68. The van der Waals surface area contributed by atoms with Crippen molar-refractivity contribution >= 4 is 34.6 Å². The standard InChI is InChI=1S/C19H17ClN4O2S/c1-3-11-9-14-17(27-11)16(12-7-5-6-8-13(12)20)21-10-15-22-18(23-24(14)15)19(25)26-4-2/h5-9H,3-4,10H2,1-2H3. The minimum Gasteiger partial charge on any atom is -0.460 e. The molecular formula is C19H17ClN4O2S. The number of hydrogen-bond acceptors (Lipinski definition) is 6. The molecule has 2 aromatic heterocycles. The summed E-state index contributed by atoms with van der Waals surface area (Å²) < 4.78 is 6.73. The van der Waals surface area contributed by atoms with Crippen LogP contribution in [0.4, 0.5) is 0 Å². The molecule has 0 saturated heterocycles. The number of esters is 1. The quantitative estimate of drug-likeness (QED) is 0.619.